The molecule has 1 saturated heterocycles. The van der Waals surface area contributed by atoms with Crippen LogP contribution >= 0.6 is 0 Å². The van der Waals surface area contributed by atoms with Crippen molar-refractivity contribution in [3.8, 4) is 0 Å². The minimum absolute atomic E-state index is 0.220. The predicted octanol–water partition coefficient (Wildman–Crippen LogP) is -0.531. The van der Waals surface area contributed by atoms with Crippen LogP contribution in [0.25, 0.3) is 0 Å². The number of carboxylic acid groups (broad SMARTS) is 1. The molecule has 1 fully saturated rings. The number of hydrogen-bond donors (Lipinski definition) is 2. The summed E-state index contributed by atoms with van der Waals surface area (Å²) in [5.41, 5.74) is 0. The maximum absolute atomic E-state index is 12.0. The van der Waals surface area contributed by atoms with Crippen molar-refractivity contribution in [1.82, 2.24) is 24.9 Å². The first kappa shape index (κ1) is 22.8. The Hall–Kier alpha value is -1.22. The van der Waals surface area contributed by atoms with E-state index in [9.17, 15) is 9.59 Å². The average Bonchev–Trinajstić information content (AvgIpc) is 2.62. The van der Waals surface area contributed by atoms with E-state index in [1.807, 2.05) is 0 Å². The van der Waals surface area contributed by atoms with Crippen molar-refractivity contribution in [2.45, 2.75) is 20.8 Å². The van der Waals surface area contributed by atoms with Crippen molar-refractivity contribution >= 4 is 11.9 Å². The van der Waals surface area contributed by atoms with Crippen LogP contribution in [0.2, 0.25) is 0 Å². The minimum atomic E-state index is -1.01. The van der Waals surface area contributed by atoms with Gasteiger partial charge in [-0.3, -0.25) is 14.5 Å². The van der Waals surface area contributed by atoms with Crippen molar-refractivity contribution in [3.63, 3.8) is 0 Å². The number of carbonyl (C=O) groups excluding carboxylic acids is 1. The summed E-state index contributed by atoms with van der Waals surface area (Å²) >= 11 is 0. The molecular formula is C18H37N5O3. The number of carbonyl (C=O) groups is 2. The molecule has 0 aromatic carbocycles. The van der Waals surface area contributed by atoms with Gasteiger partial charge in [-0.2, -0.15) is 0 Å². The van der Waals surface area contributed by atoms with Gasteiger partial charge in [0.25, 0.3) is 0 Å². The molecule has 0 bridgehead atoms. The Bertz CT molecular complexity index is 402. The largest absolute Gasteiger partial charge is 0.480 e. The second-order valence-electron chi connectivity index (χ2n) is 6.75. The lowest BCUT2D eigenvalue weighted by molar-refractivity contribution is -0.138. The van der Waals surface area contributed by atoms with Gasteiger partial charge in [0, 0.05) is 52.4 Å². The number of carboxylic acids is 1. The van der Waals surface area contributed by atoms with Gasteiger partial charge in [0.15, 0.2) is 0 Å². The molecule has 0 atom stereocenters. The first-order valence-corrected chi connectivity index (χ1v) is 9.86. The van der Waals surface area contributed by atoms with Crippen molar-refractivity contribution in [2.75, 3.05) is 85.1 Å². The SMILES string of the molecule is CCN1CCN(CC)CCN(CC(=O)NCC(=O)O)CCN(CC)CC1. The van der Waals surface area contributed by atoms with Crippen molar-refractivity contribution in [3.05, 3.63) is 0 Å². The Labute approximate surface area is 158 Å². The van der Waals surface area contributed by atoms with E-state index in [2.05, 4.69) is 45.7 Å². The number of likely N-dealkylation sites (N-methyl/N-ethyl adjacent to an activating group) is 3. The van der Waals surface area contributed by atoms with E-state index in [1.54, 1.807) is 0 Å². The van der Waals surface area contributed by atoms with E-state index in [0.29, 0.717) is 0 Å². The Morgan fingerprint density at radius 2 is 1.08 bits per heavy atom. The second kappa shape index (κ2) is 13.0. The molecule has 1 heterocycles. The molecule has 0 saturated carbocycles. The van der Waals surface area contributed by atoms with Crippen LogP contribution < -0.4 is 5.32 Å². The molecule has 2 N–H and O–H groups in total. The van der Waals surface area contributed by atoms with Crippen LogP contribution in [0.3, 0.4) is 0 Å². The molecule has 0 spiro atoms. The highest BCUT2D eigenvalue weighted by Crippen LogP contribution is 2.00. The Morgan fingerprint density at radius 3 is 1.38 bits per heavy atom. The summed E-state index contributed by atoms with van der Waals surface area (Å²) in [6, 6.07) is 0. The van der Waals surface area contributed by atoms with Gasteiger partial charge in [-0.25, -0.2) is 0 Å². The molecule has 26 heavy (non-hydrogen) atoms. The summed E-state index contributed by atoms with van der Waals surface area (Å²) in [6.45, 7) is 17.3. The number of nitrogens with zero attached hydrogens (tertiary/aromatic N) is 4. The molecule has 0 aliphatic carbocycles. The maximum Gasteiger partial charge on any atom is 0.322 e. The fourth-order valence-electron chi connectivity index (χ4n) is 3.12. The molecule has 0 radical (unpaired) electrons. The van der Waals surface area contributed by atoms with Crippen molar-refractivity contribution < 1.29 is 14.7 Å². The average molecular weight is 372 g/mol. The second-order valence-corrected chi connectivity index (χ2v) is 6.75. The lowest BCUT2D eigenvalue weighted by atomic mass is 10.3. The van der Waals surface area contributed by atoms with E-state index < -0.39 is 5.97 Å². The van der Waals surface area contributed by atoms with Gasteiger partial charge in [0.2, 0.25) is 5.91 Å². The van der Waals surface area contributed by atoms with Crippen molar-refractivity contribution in [2.24, 2.45) is 0 Å². The van der Waals surface area contributed by atoms with Crippen LogP contribution in [-0.4, -0.2) is 122 Å². The van der Waals surface area contributed by atoms with Gasteiger partial charge in [0.05, 0.1) is 6.54 Å². The summed E-state index contributed by atoms with van der Waals surface area (Å²) in [7, 11) is 0. The number of nitrogens with one attached hydrogen (secondary N) is 1. The quantitative estimate of drug-likeness (QED) is 0.623. The van der Waals surface area contributed by atoms with Crippen LogP contribution in [0, 0.1) is 0 Å². The molecule has 0 aromatic heterocycles. The molecule has 1 aliphatic heterocycles. The molecule has 8 nitrogen and oxygen atoms in total. The topological polar surface area (TPSA) is 79.4 Å². The fourth-order valence-corrected chi connectivity index (χ4v) is 3.12. The van der Waals surface area contributed by atoms with Crippen LogP contribution in [0.4, 0.5) is 0 Å². The molecule has 0 unspecified atom stereocenters. The van der Waals surface area contributed by atoms with Crippen LogP contribution in [0.1, 0.15) is 20.8 Å². The highest BCUT2D eigenvalue weighted by atomic mass is 16.4. The number of hydrogen-bond acceptors (Lipinski definition) is 6. The zero-order valence-electron chi connectivity index (χ0n) is 16.7. The predicted molar refractivity (Wildman–Crippen MR) is 103 cm³/mol. The van der Waals surface area contributed by atoms with Gasteiger partial charge in [-0.05, 0) is 19.6 Å². The Balaban J connectivity index is 2.66. The van der Waals surface area contributed by atoms with Gasteiger partial charge in [0.1, 0.15) is 6.54 Å². The van der Waals surface area contributed by atoms with Crippen LogP contribution in [0.15, 0.2) is 0 Å². The third-order valence-electron chi connectivity index (χ3n) is 5.08. The lowest BCUT2D eigenvalue weighted by Gasteiger charge is -2.33. The standard InChI is InChI=1S/C18H37N5O3/c1-4-20-7-9-21(5-2)11-13-23(14-12-22(6-3)10-8-20)16-17(24)19-15-18(25)26/h4-16H2,1-3H3,(H,19,24)(H,25,26). The van der Waals surface area contributed by atoms with E-state index in [-0.39, 0.29) is 19.0 Å². The molecule has 0 aromatic rings. The number of amides is 1. The lowest BCUT2D eigenvalue weighted by Crippen LogP contribution is -2.48. The van der Waals surface area contributed by atoms with E-state index in [1.165, 1.54) is 0 Å². The summed E-state index contributed by atoms with van der Waals surface area (Å²) in [6.07, 6.45) is 0. The third-order valence-corrected chi connectivity index (χ3v) is 5.08. The van der Waals surface area contributed by atoms with E-state index >= 15 is 0 Å². The van der Waals surface area contributed by atoms with E-state index in [4.69, 9.17) is 5.11 Å². The number of aliphatic carboxylic acids is 1. The summed E-state index contributed by atoms with van der Waals surface area (Å²) in [4.78, 5) is 32.1. The molecule has 1 rings (SSSR count). The summed E-state index contributed by atoms with van der Waals surface area (Å²) < 4.78 is 0. The first-order valence-electron chi connectivity index (χ1n) is 9.86. The molecule has 152 valence electrons. The van der Waals surface area contributed by atoms with Gasteiger partial charge in [-0.15, -0.1) is 0 Å². The van der Waals surface area contributed by atoms with Crippen molar-refractivity contribution in [1.29, 1.82) is 0 Å². The highest BCUT2D eigenvalue weighted by Gasteiger charge is 2.16. The van der Waals surface area contributed by atoms with E-state index in [0.717, 1.165) is 72.0 Å². The maximum atomic E-state index is 12.0. The fraction of sp³-hybridized carbons (Fsp3) is 0.889. The number of rotatable bonds is 7. The monoisotopic (exact) mass is 371 g/mol. The normalized spacial score (nSPS) is 20.3. The van der Waals surface area contributed by atoms with Crippen LogP contribution in [-0.2, 0) is 9.59 Å². The smallest absolute Gasteiger partial charge is 0.322 e. The molecule has 1 amide bonds. The first-order chi connectivity index (χ1) is 12.5. The molecular weight excluding hydrogens is 334 g/mol. The summed E-state index contributed by atoms with van der Waals surface area (Å²) in [5, 5.41) is 11.2. The van der Waals surface area contributed by atoms with Gasteiger partial charge in [-0.1, -0.05) is 20.8 Å². The molecule has 8 heteroatoms. The zero-order valence-corrected chi connectivity index (χ0v) is 16.7. The van der Waals surface area contributed by atoms with Gasteiger partial charge < -0.3 is 25.1 Å². The highest BCUT2D eigenvalue weighted by molar-refractivity contribution is 5.82. The zero-order chi connectivity index (χ0) is 19.4. The third kappa shape index (κ3) is 9.47. The Morgan fingerprint density at radius 1 is 0.731 bits per heavy atom. The van der Waals surface area contributed by atoms with Crippen LogP contribution in [0.5, 0.6) is 0 Å². The van der Waals surface area contributed by atoms with Gasteiger partial charge >= 0.3 is 5.97 Å². The minimum Gasteiger partial charge on any atom is -0.480 e. The molecule has 1 aliphatic rings. The Kier molecular flexibility index (Phi) is 11.4. The summed E-state index contributed by atoms with van der Waals surface area (Å²) in [5.74, 6) is -1.23.